The van der Waals surface area contributed by atoms with Crippen LogP contribution in [-0.2, 0) is 16.1 Å². The summed E-state index contributed by atoms with van der Waals surface area (Å²) in [5.74, 6) is 0.126. The van der Waals surface area contributed by atoms with Crippen molar-refractivity contribution in [2.45, 2.75) is 37.3 Å². The number of aliphatic hydroxyl groups excluding tert-OH is 4. The van der Waals surface area contributed by atoms with Crippen LogP contribution >= 0.6 is 0 Å². The van der Waals surface area contributed by atoms with Crippen molar-refractivity contribution in [2.24, 2.45) is 0 Å². The highest BCUT2D eigenvalue weighted by molar-refractivity contribution is 5.25. The first-order valence-corrected chi connectivity index (χ1v) is 6.23. The number of ether oxygens (including phenoxy) is 2. The van der Waals surface area contributed by atoms with Gasteiger partial charge >= 0.3 is 0 Å². The van der Waals surface area contributed by atoms with Crippen LogP contribution in [0.15, 0.2) is 24.3 Å². The zero-order valence-electron chi connectivity index (χ0n) is 10.7. The fraction of sp³-hybridized carbons (Fsp3) is 0.538. The first kappa shape index (κ1) is 15.2. The van der Waals surface area contributed by atoms with Crippen LogP contribution in [0.25, 0.3) is 0 Å². The maximum atomic E-state index is 9.76. The largest absolute Gasteiger partial charge is 0.508 e. The highest BCUT2D eigenvalue weighted by Gasteiger charge is 2.43. The number of aliphatic hydroxyl groups is 4. The number of hydrogen-bond acceptors (Lipinski definition) is 7. The molecule has 0 amide bonds. The van der Waals surface area contributed by atoms with E-state index in [-0.39, 0.29) is 12.4 Å². The van der Waals surface area contributed by atoms with Gasteiger partial charge in [-0.2, -0.15) is 0 Å². The first-order valence-electron chi connectivity index (χ1n) is 6.23. The Morgan fingerprint density at radius 2 is 1.65 bits per heavy atom. The molecule has 2 rings (SSSR count). The summed E-state index contributed by atoms with van der Waals surface area (Å²) >= 11 is 0. The Morgan fingerprint density at radius 3 is 2.25 bits per heavy atom. The molecule has 1 aliphatic rings. The molecule has 1 aliphatic heterocycles. The quantitative estimate of drug-likeness (QED) is 0.467. The molecule has 0 aromatic heterocycles. The molecule has 5 N–H and O–H groups in total. The molecule has 1 heterocycles. The first-order chi connectivity index (χ1) is 9.52. The summed E-state index contributed by atoms with van der Waals surface area (Å²) in [6.07, 6.45) is -6.41. The van der Waals surface area contributed by atoms with Gasteiger partial charge in [0.1, 0.15) is 30.2 Å². The molecule has 7 heteroatoms. The molecule has 5 unspecified atom stereocenters. The molecule has 0 radical (unpaired) electrons. The van der Waals surface area contributed by atoms with Gasteiger partial charge in [-0.25, -0.2) is 0 Å². The van der Waals surface area contributed by atoms with E-state index in [1.165, 1.54) is 12.1 Å². The van der Waals surface area contributed by atoms with Gasteiger partial charge in [-0.3, -0.25) is 0 Å². The number of phenols is 1. The van der Waals surface area contributed by atoms with Crippen LogP contribution in [0.4, 0.5) is 0 Å². The number of phenolic OH excluding ortho intramolecular Hbond substituents is 1. The second-order valence-corrected chi connectivity index (χ2v) is 4.67. The van der Waals surface area contributed by atoms with E-state index in [1.807, 2.05) is 0 Å². The third-order valence-corrected chi connectivity index (χ3v) is 3.20. The molecule has 112 valence electrons. The minimum absolute atomic E-state index is 0.0863. The molecule has 7 nitrogen and oxygen atoms in total. The van der Waals surface area contributed by atoms with Gasteiger partial charge in [0.15, 0.2) is 6.29 Å². The third-order valence-electron chi connectivity index (χ3n) is 3.20. The number of rotatable bonds is 4. The summed E-state index contributed by atoms with van der Waals surface area (Å²) in [5, 5.41) is 47.2. The van der Waals surface area contributed by atoms with E-state index in [9.17, 15) is 15.3 Å². The smallest absolute Gasteiger partial charge is 0.187 e. The van der Waals surface area contributed by atoms with Gasteiger partial charge < -0.3 is 35.0 Å². The number of hydrogen-bond donors (Lipinski definition) is 5. The van der Waals surface area contributed by atoms with Crippen LogP contribution in [0.2, 0.25) is 0 Å². The zero-order valence-corrected chi connectivity index (χ0v) is 10.7. The summed E-state index contributed by atoms with van der Waals surface area (Å²) in [7, 11) is 0. The van der Waals surface area contributed by atoms with E-state index in [0.29, 0.717) is 0 Å². The van der Waals surface area contributed by atoms with E-state index < -0.39 is 37.3 Å². The van der Waals surface area contributed by atoms with E-state index in [2.05, 4.69) is 0 Å². The molecule has 20 heavy (non-hydrogen) atoms. The summed E-state index contributed by atoms with van der Waals surface area (Å²) in [6.45, 7) is -0.410. The molecule has 1 fully saturated rings. The van der Waals surface area contributed by atoms with Crippen LogP contribution < -0.4 is 0 Å². The lowest BCUT2D eigenvalue weighted by atomic mass is 9.99. The molecule has 0 saturated carbocycles. The average Bonchev–Trinajstić information content (AvgIpc) is 2.46. The molecule has 0 spiro atoms. The third kappa shape index (κ3) is 3.26. The van der Waals surface area contributed by atoms with Crippen molar-refractivity contribution >= 4 is 0 Å². The molecule has 5 atom stereocenters. The molecular weight excluding hydrogens is 268 g/mol. The van der Waals surface area contributed by atoms with Crippen LogP contribution in [0.3, 0.4) is 0 Å². The Morgan fingerprint density at radius 1 is 1.00 bits per heavy atom. The second kappa shape index (κ2) is 6.49. The van der Waals surface area contributed by atoms with Gasteiger partial charge in [0.2, 0.25) is 0 Å². The lowest BCUT2D eigenvalue weighted by Crippen LogP contribution is -2.59. The Hall–Kier alpha value is -1.22. The SMILES string of the molecule is OCC1OC(OCc2ccc(O)cc2)C(O)C(O)C1O. The molecule has 0 bridgehead atoms. The molecule has 1 saturated heterocycles. The minimum Gasteiger partial charge on any atom is -0.508 e. The van der Waals surface area contributed by atoms with Gasteiger partial charge in [0.25, 0.3) is 0 Å². The van der Waals surface area contributed by atoms with Crippen molar-refractivity contribution in [2.75, 3.05) is 6.61 Å². The Bertz CT molecular complexity index is 419. The summed E-state index contributed by atoms with van der Waals surface area (Å²) in [6, 6.07) is 6.26. The van der Waals surface area contributed by atoms with E-state index in [1.54, 1.807) is 12.1 Å². The normalized spacial score (nSPS) is 34.1. The Balaban J connectivity index is 1.95. The van der Waals surface area contributed by atoms with E-state index in [0.717, 1.165) is 5.56 Å². The molecular formula is C13H18O7. The Kier molecular flexibility index (Phi) is 4.92. The minimum atomic E-state index is -1.45. The van der Waals surface area contributed by atoms with Crippen molar-refractivity contribution in [3.05, 3.63) is 29.8 Å². The van der Waals surface area contributed by atoms with Crippen molar-refractivity contribution in [1.29, 1.82) is 0 Å². The maximum absolute atomic E-state index is 9.76. The average molecular weight is 286 g/mol. The predicted molar refractivity (Wildman–Crippen MR) is 66.7 cm³/mol. The highest BCUT2D eigenvalue weighted by atomic mass is 16.7. The summed E-state index contributed by atoms with van der Waals surface area (Å²) in [5.41, 5.74) is 0.736. The van der Waals surface area contributed by atoms with Gasteiger partial charge in [-0.15, -0.1) is 0 Å². The van der Waals surface area contributed by atoms with E-state index >= 15 is 0 Å². The highest BCUT2D eigenvalue weighted by Crippen LogP contribution is 2.23. The van der Waals surface area contributed by atoms with Gasteiger partial charge in [-0.05, 0) is 17.7 Å². The topological polar surface area (TPSA) is 120 Å². The van der Waals surface area contributed by atoms with Crippen LogP contribution in [0.1, 0.15) is 5.56 Å². The second-order valence-electron chi connectivity index (χ2n) is 4.67. The summed E-state index contributed by atoms with van der Waals surface area (Å²) in [4.78, 5) is 0. The van der Waals surface area contributed by atoms with Gasteiger partial charge in [-0.1, -0.05) is 12.1 Å². The summed E-state index contributed by atoms with van der Waals surface area (Å²) < 4.78 is 10.5. The Labute approximate surface area is 115 Å². The monoisotopic (exact) mass is 286 g/mol. The molecule has 1 aromatic rings. The fourth-order valence-corrected chi connectivity index (χ4v) is 1.98. The molecule has 0 aliphatic carbocycles. The van der Waals surface area contributed by atoms with Gasteiger partial charge in [0.05, 0.1) is 13.2 Å². The van der Waals surface area contributed by atoms with Crippen LogP contribution in [0.5, 0.6) is 5.75 Å². The van der Waals surface area contributed by atoms with E-state index in [4.69, 9.17) is 19.7 Å². The maximum Gasteiger partial charge on any atom is 0.187 e. The van der Waals surface area contributed by atoms with Crippen molar-refractivity contribution in [1.82, 2.24) is 0 Å². The molecule has 1 aromatic carbocycles. The lowest BCUT2D eigenvalue weighted by molar-refractivity contribution is -0.304. The number of aromatic hydroxyl groups is 1. The van der Waals surface area contributed by atoms with Crippen LogP contribution in [0, 0.1) is 0 Å². The predicted octanol–water partition coefficient (Wildman–Crippen LogP) is -1.29. The zero-order chi connectivity index (χ0) is 14.7. The van der Waals surface area contributed by atoms with Crippen molar-refractivity contribution < 1.29 is 35.0 Å². The van der Waals surface area contributed by atoms with Crippen LogP contribution in [-0.4, -0.2) is 62.8 Å². The lowest BCUT2D eigenvalue weighted by Gasteiger charge is -2.39. The van der Waals surface area contributed by atoms with Crippen molar-refractivity contribution in [3.63, 3.8) is 0 Å². The fourth-order valence-electron chi connectivity index (χ4n) is 1.98. The van der Waals surface area contributed by atoms with Crippen molar-refractivity contribution in [3.8, 4) is 5.75 Å². The standard InChI is InChI=1S/C13H18O7/c14-5-9-10(16)11(17)12(18)13(20-9)19-6-7-1-3-8(15)4-2-7/h1-4,9-18H,5-6H2. The van der Waals surface area contributed by atoms with Gasteiger partial charge in [0, 0.05) is 0 Å². The number of benzene rings is 1.